The maximum Gasteiger partial charge on any atom is 0.341 e. The van der Waals surface area contributed by atoms with Crippen LogP contribution in [0.25, 0.3) is 28.4 Å². The number of hydrogen-bond acceptors (Lipinski definition) is 7. The van der Waals surface area contributed by atoms with Crippen LogP contribution in [0, 0.1) is 6.07 Å². The highest BCUT2D eigenvalue weighted by molar-refractivity contribution is 5.87. The number of primary amides is 1. The van der Waals surface area contributed by atoms with Crippen molar-refractivity contribution in [1.29, 1.82) is 0 Å². The molecule has 1 saturated heterocycles. The molecule has 0 spiro atoms. The molecule has 4 heterocycles. The van der Waals surface area contributed by atoms with Gasteiger partial charge in [0.1, 0.15) is 11.3 Å². The Morgan fingerprint density at radius 3 is 2.76 bits per heavy atom. The third-order valence-electron chi connectivity index (χ3n) is 5.53. The molecule has 1 aliphatic rings. The number of H-pyrrole nitrogens is 1. The third kappa shape index (κ3) is 3.95. The van der Waals surface area contributed by atoms with Crippen LogP contribution < -0.4 is 11.3 Å². The van der Waals surface area contributed by atoms with Crippen LogP contribution in [0.2, 0.25) is 0 Å². The molecule has 1 aromatic carbocycles. The van der Waals surface area contributed by atoms with Gasteiger partial charge in [0.05, 0.1) is 30.3 Å². The number of fused-ring (bicyclic) bond motifs is 1. The van der Waals surface area contributed by atoms with E-state index in [9.17, 15) is 19.5 Å². The first-order valence-corrected chi connectivity index (χ1v) is 10.5. The SMILES string of the molecule is NC(=O)n1nc(-c2nc3cc(CN4CCOCC4)ccc3[nH]2)[c]c1-n1cccc(C(=O)O)c1=O. The zero-order valence-corrected chi connectivity index (χ0v) is 17.9. The molecule has 1 amide bonds. The Hall–Kier alpha value is -4.29. The summed E-state index contributed by atoms with van der Waals surface area (Å²) in [7, 11) is 0. The molecule has 1 aliphatic heterocycles. The Labute approximate surface area is 192 Å². The number of benzene rings is 1. The Balaban J connectivity index is 1.52. The zero-order chi connectivity index (χ0) is 23.8. The van der Waals surface area contributed by atoms with Crippen LogP contribution in [-0.4, -0.2) is 72.6 Å². The van der Waals surface area contributed by atoms with Crippen molar-refractivity contribution in [3.8, 4) is 17.3 Å². The van der Waals surface area contributed by atoms with E-state index in [0.717, 1.165) is 40.0 Å². The lowest BCUT2D eigenvalue weighted by atomic mass is 10.2. The van der Waals surface area contributed by atoms with Crippen LogP contribution in [0.3, 0.4) is 0 Å². The van der Waals surface area contributed by atoms with Gasteiger partial charge in [-0.15, -0.1) is 0 Å². The number of carbonyl (C=O) groups is 2. The van der Waals surface area contributed by atoms with E-state index in [-0.39, 0.29) is 11.5 Å². The van der Waals surface area contributed by atoms with Crippen LogP contribution in [0.4, 0.5) is 4.79 Å². The van der Waals surface area contributed by atoms with Crippen LogP contribution in [0.5, 0.6) is 0 Å². The number of nitrogens with two attached hydrogens (primary N) is 1. The third-order valence-corrected chi connectivity index (χ3v) is 5.53. The number of aromatic carboxylic acids is 1. The summed E-state index contributed by atoms with van der Waals surface area (Å²) in [6.07, 6.45) is 1.31. The van der Waals surface area contributed by atoms with E-state index in [4.69, 9.17) is 10.5 Å². The van der Waals surface area contributed by atoms with E-state index in [1.165, 1.54) is 18.3 Å². The van der Waals surface area contributed by atoms with Crippen LogP contribution >= 0.6 is 0 Å². The molecule has 4 aromatic rings. The zero-order valence-electron chi connectivity index (χ0n) is 17.9. The maximum atomic E-state index is 12.6. The van der Waals surface area contributed by atoms with E-state index < -0.39 is 23.1 Å². The number of carboxylic acid groups (broad SMARTS) is 1. The standard InChI is InChI=1S/C22H20N7O5/c23-22(33)29-18(28-5-1-2-14(20(28)30)21(31)32)11-17(26-29)19-24-15-4-3-13(10-16(15)25-19)12-27-6-8-34-9-7-27/h1-5,10H,6-9,12H2,(H2,23,33)(H,24,25)(H,31,32). The second-order valence-corrected chi connectivity index (χ2v) is 7.77. The number of imidazole rings is 1. The largest absolute Gasteiger partial charge is 0.477 e. The van der Waals surface area contributed by atoms with Crippen molar-refractivity contribution in [1.82, 2.24) is 29.2 Å². The molecule has 5 rings (SSSR count). The molecule has 12 heteroatoms. The summed E-state index contributed by atoms with van der Waals surface area (Å²) < 4.78 is 7.12. The molecular weight excluding hydrogens is 442 g/mol. The van der Waals surface area contributed by atoms with Gasteiger partial charge in [-0.2, -0.15) is 9.78 Å². The molecule has 0 unspecified atom stereocenters. The van der Waals surface area contributed by atoms with Gasteiger partial charge in [-0.3, -0.25) is 14.3 Å². The smallest absolute Gasteiger partial charge is 0.341 e. The predicted octanol–water partition coefficient (Wildman–Crippen LogP) is 0.835. The highest BCUT2D eigenvalue weighted by atomic mass is 16.5. The molecule has 1 radical (unpaired) electrons. The summed E-state index contributed by atoms with van der Waals surface area (Å²) in [6, 6.07) is 10.3. The van der Waals surface area contributed by atoms with E-state index >= 15 is 0 Å². The number of aromatic nitrogens is 5. The highest BCUT2D eigenvalue weighted by Crippen LogP contribution is 2.22. The first-order valence-electron chi connectivity index (χ1n) is 10.5. The highest BCUT2D eigenvalue weighted by Gasteiger charge is 2.21. The van der Waals surface area contributed by atoms with Gasteiger partial charge in [0.25, 0.3) is 5.56 Å². The van der Waals surface area contributed by atoms with Crippen molar-refractivity contribution in [3.05, 3.63) is 64.1 Å². The fourth-order valence-electron chi connectivity index (χ4n) is 3.86. The Bertz CT molecular complexity index is 1460. The molecule has 0 saturated carbocycles. The van der Waals surface area contributed by atoms with E-state index in [1.807, 2.05) is 18.2 Å². The normalized spacial score (nSPS) is 14.5. The number of amides is 1. The number of pyridine rings is 1. The van der Waals surface area contributed by atoms with Crippen molar-refractivity contribution in [3.63, 3.8) is 0 Å². The quantitative estimate of drug-likeness (QED) is 0.393. The van der Waals surface area contributed by atoms with Crippen molar-refractivity contribution in [2.75, 3.05) is 26.3 Å². The number of ether oxygens (including phenoxy) is 1. The fourth-order valence-corrected chi connectivity index (χ4v) is 3.86. The van der Waals surface area contributed by atoms with Crippen LogP contribution in [-0.2, 0) is 11.3 Å². The summed E-state index contributed by atoms with van der Waals surface area (Å²) in [4.78, 5) is 46.0. The summed E-state index contributed by atoms with van der Waals surface area (Å²) in [5.74, 6) is -1.19. The van der Waals surface area contributed by atoms with Crippen molar-refractivity contribution >= 4 is 23.0 Å². The molecule has 3 aromatic heterocycles. The molecule has 1 fully saturated rings. The first-order chi connectivity index (χ1) is 16.4. The molecule has 0 bridgehead atoms. The summed E-state index contributed by atoms with van der Waals surface area (Å²) in [5.41, 5.74) is 6.83. The lowest BCUT2D eigenvalue weighted by Gasteiger charge is -2.26. The van der Waals surface area contributed by atoms with Crippen molar-refractivity contribution < 1.29 is 19.4 Å². The van der Waals surface area contributed by atoms with Crippen molar-refractivity contribution in [2.45, 2.75) is 6.54 Å². The molecule has 0 atom stereocenters. The topological polar surface area (TPSA) is 161 Å². The van der Waals surface area contributed by atoms with Crippen molar-refractivity contribution in [2.24, 2.45) is 5.73 Å². The van der Waals surface area contributed by atoms with E-state index in [1.54, 1.807) is 0 Å². The number of rotatable bonds is 5. The number of carboxylic acids is 1. The Kier molecular flexibility index (Phi) is 5.43. The average Bonchev–Trinajstić information content (AvgIpc) is 3.44. The maximum absolute atomic E-state index is 12.6. The number of carbonyl (C=O) groups excluding carboxylic acids is 1. The lowest BCUT2D eigenvalue weighted by molar-refractivity contribution is 0.0342. The molecule has 12 nitrogen and oxygen atoms in total. The number of morpholine rings is 1. The minimum absolute atomic E-state index is 0.121. The lowest BCUT2D eigenvalue weighted by Crippen LogP contribution is -2.35. The Morgan fingerprint density at radius 2 is 2.03 bits per heavy atom. The summed E-state index contributed by atoms with van der Waals surface area (Å²) in [6.45, 7) is 3.95. The molecule has 0 aliphatic carbocycles. The second-order valence-electron chi connectivity index (χ2n) is 7.77. The van der Waals surface area contributed by atoms with E-state index in [0.29, 0.717) is 24.6 Å². The summed E-state index contributed by atoms with van der Waals surface area (Å²) >= 11 is 0. The van der Waals surface area contributed by atoms with Gasteiger partial charge >= 0.3 is 12.0 Å². The van der Waals surface area contributed by atoms with Gasteiger partial charge in [0.15, 0.2) is 11.6 Å². The molecular formula is C22H20N7O5. The monoisotopic (exact) mass is 462 g/mol. The number of hydrogen-bond donors (Lipinski definition) is 3. The number of nitrogens with zero attached hydrogens (tertiary/aromatic N) is 5. The molecule has 173 valence electrons. The van der Waals surface area contributed by atoms with Gasteiger partial charge in [-0.25, -0.2) is 14.6 Å². The molecule has 34 heavy (non-hydrogen) atoms. The fraction of sp³-hybridized carbons (Fsp3) is 0.227. The van der Waals surface area contributed by atoms with Crippen LogP contribution in [0.15, 0.2) is 41.3 Å². The average molecular weight is 462 g/mol. The minimum Gasteiger partial charge on any atom is -0.477 e. The van der Waals surface area contributed by atoms with Gasteiger partial charge < -0.3 is 20.6 Å². The second kappa shape index (κ2) is 8.57. The van der Waals surface area contributed by atoms with Gasteiger partial charge in [-0.05, 0) is 29.8 Å². The predicted molar refractivity (Wildman–Crippen MR) is 120 cm³/mol. The van der Waals surface area contributed by atoms with Gasteiger partial charge in [0.2, 0.25) is 0 Å². The van der Waals surface area contributed by atoms with Gasteiger partial charge in [-0.1, -0.05) is 6.07 Å². The van der Waals surface area contributed by atoms with Gasteiger partial charge in [0, 0.05) is 25.8 Å². The summed E-state index contributed by atoms with van der Waals surface area (Å²) in [5, 5.41) is 13.4. The minimum atomic E-state index is -1.39. The number of nitrogens with one attached hydrogen (secondary N) is 1. The first kappa shape index (κ1) is 21.6. The molecule has 4 N–H and O–H groups in total. The Morgan fingerprint density at radius 1 is 1.24 bits per heavy atom. The number of aromatic amines is 1. The van der Waals surface area contributed by atoms with Crippen LogP contribution in [0.1, 0.15) is 15.9 Å². The van der Waals surface area contributed by atoms with E-state index in [2.05, 4.69) is 26.0 Å².